The lowest BCUT2D eigenvalue weighted by Gasteiger charge is -2.52. The zero-order valence-corrected chi connectivity index (χ0v) is 20.5. The van der Waals surface area contributed by atoms with Crippen LogP contribution in [0.3, 0.4) is 0 Å². The lowest BCUT2D eigenvalue weighted by Crippen LogP contribution is -2.59. The highest BCUT2D eigenvalue weighted by Gasteiger charge is 2.56. The van der Waals surface area contributed by atoms with E-state index in [9.17, 15) is 9.90 Å². The van der Waals surface area contributed by atoms with Crippen LogP contribution in [0.2, 0.25) is 0 Å². The van der Waals surface area contributed by atoms with Gasteiger partial charge in [-0.2, -0.15) is 0 Å². The molecule has 2 saturated carbocycles. The Balaban J connectivity index is 1.38. The van der Waals surface area contributed by atoms with Crippen LogP contribution in [-0.4, -0.2) is 83.9 Å². The number of nitrogens with zero attached hydrogens (tertiary/aromatic N) is 3. The van der Waals surface area contributed by atoms with Crippen LogP contribution < -0.4 is 0 Å². The van der Waals surface area contributed by atoms with Crippen molar-refractivity contribution in [1.82, 2.24) is 14.7 Å². The van der Waals surface area contributed by atoms with E-state index < -0.39 is 5.60 Å². The second kappa shape index (κ2) is 8.86. The molecule has 6 nitrogen and oxygen atoms in total. The van der Waals surface area contributed by atoms with Crippen molar-refractivity contribution in [1.29, 1.82) is 0 Å². The Hall–Kier alpha value is -1.63. The molecule has 0 unspecified atom stereocenters. The molecule has 33 heavy (non-hydrogen) atoms. The Morgan fingerprint density at radius 1 is 1.03 bits per heavy atom. The second-order valence-electron chi connectivity index (χ2n) is 11.4. The first-order valence-corrected chi connectivity index (χ1v) is 13.0. The Labute approximate surface area is 198 Å². The minimum atomic E-state index is -0.688. The van der Waals surface area contributed by atoms with E-state index in [2.05, 4.69) is 59.1 Å². The highest BCUT2D eigenvalue weighted by molar-refractivity contribution is 5.78. The summed E-state index contributed by atoms with van der Waals surface area (Å²) in [7, 11) is 4.38. The van der Waals surface area contributed by atoms with Gasteiger partial charge in [0.25, 0.3) is 0 Å². The first-order valence-electron chi connectivity index (χ1n) is 13.0. The fourth-order valence-electron chi connectivity index (χ4n) is 6.84. The molecule has 1 aromatic carbocycles. The highest BCUT2D eigenvalue weighted by atomic mass is 16.5. The molecule has 0 radical (unpaired) electrons. The molecule has 6 heteroatoms. The van der Waals surface area contributed by atoms with Gasteiger partial charge in [-0.25, -0.2) is 4.79 Å². The van der Waals surface area contributed by atoms with Gasteiger partial charge in [-0.3, -0.25) is 4.90 Å². The first-order chi connectivity index (χ1) is 15.9. The number of aliphatic hydroxyl groups is 1. The molecule has 2 aliphatic carbocycles. The Kier molecular flexibility index (Phi) is 6.21. The molecule has 4 fully saturated rings. The van der Waals surface area contributed by atoms with E-state index in [1.807, 2.05) is 0 Å². The normalized spacial score (nSPS) is 32.5. The minimum absolute atomic E-state index is 0.00271. The molecular weight excluding hydrogens is 414 g/mol. The lowest BCUT2D eigenvalue weighted by atomic mass is 9.67. The van der Waals surface area contributed by atoms with Gasteiger partial charge in [-0.05, 0) is 83.4 Å². The summed E-state index contributed by atoms with van der Waals surface area (Å²) < 4.78 is 5.55. The highest BCUT2D eigenvalue weighted by Crippen LogP contribution is 2.50. The predicted octanol–water partition coefficient (Wildman–Crippen LogP) is 3.84. The molecule has 0 bridgehead atoms. The molecule has 182 valence electrons. The Bertz CT molecular complexity index is 824. The molecule has 0 atom stereocenters. The summed E-state index contributed by atoms with van der Waals surface area (Å²) >= 11 is 0. The maximum atomic E-state index is 13.7. The minimum Gasteiger partial charge on any atom is -0.388 e. The van der Waals surface area contributed by atoms with E-state index in [4.69, 9.17) is 4.74 Å². The van der Waals surface area contributed by atoms with Gasteiger partial charge in [-0.15, -0.1) is 0 Å². The molecule has 1 aromatic rings. The number of hydrogen-bond donors (Lipinski definition) is 1. The molecule has 1 spiro atoms. The van der Waals surface area contributed by atoms with Gasteiger partial charge >= 0.3 is 6.03 Å². The van der Waals surface area contributed by atoms with E-state index >= 15 is 0 Å². The van der Waals surface area contributed by atoms with Crippen molar-refractivity contribution in [2.45, 2.75) is 74.5 Å². The molecule has 2 heterocycles. The largest absolute Gasteiger partial charge is 0.388 e. The van der Waals surface area contributed by atoms with Crippen molar-refractivity contribution in [3.05, 3.63) is 35.9 Å². The van der Waals surface area contributed by atoms with Crippen molar-refractivity contribution in [2.24, 2.45) is 5.92 Å². The third kappa shape index (κ3) is 4.19. The zero-order chi connectivity index (χ0) is 23.1. The van der Waals surface area contributed by atoms with Crippen LogP contribution in [-0.2, 0) is 10.3 Å². The molecule has 4 aliphatic rings. The van der Waals surface area contributed by atoms with Crippen molar-refractivity contribution >= 4 is 6.03 Å². The maximum Gasteiger partial charge on any atom is 0.320 e. The van der Waals surface area contributed by atoms with Gasteiger partial charge in [0, 0.05) is 31.8 Å². The van der Waals surface area contributed by atoms with Crippen LogP contribution in [0.4, 0.5) is 4.79 Å². The van der Waals surface area contributed by atoms with E-state index in [1.165, 1.54) is 5.56 Å². The second-order valence-corrected chi connectivity index (χ2v) is 11.4. The van der Waals surface area contributed by atoms with E-state index in [-0.39, 0.29) is 17.1 Å². The molecule has 5 rings (SSSR count). The summed E-state index contributed by atoms with van der Waals surface area (Å²) in [5.74, 6) is 0.528. The fraction of sp³-hybridized carbons (Fsp3) is 0.741. The smallest absolute Gasteiger partial charge is 0.320 e. The monoisotopic (exact) mass is 455 g/mol. The van der Waals surface area contributed by atoms with Crippen molar-refractivity contribution in [3.8, 4) is 0 Å². The van der Waals surface area contributed by atoms with Gasteiger partial charge in [0.1, 0.15) is 0 Å². The number of rotatable bonds is 6. The van der Waals surface area contributed by atoms with Crippen LogP contribution >= 0.6 is 0 Å². The standard InChI is InChI=1S/C27H41N3O3/c1-28(2)27(23-7-4-3-5-8-23)15-13-25(14-16-27)20-29(19-22-9-17-33-18-10-22)24(31)30(25)21-26(32)11-6-12-26/h3-5,7-8,22,32H,6,9-21H2,1-2H3/t25-,27-. The van der Waals surface area contributed by atoms with Gasteiger partial charge in [0.15, 0.2) is 0 Å². The first kappa shape index (κ1) is 23.1. The SMILES string of the molecule is CN(C)[C@]1(c2ccccc2)CC[C@@]2(CC1)CN(CC1CCOCC1)C(=O)N2CC1(O)CCC1. The molecule has 2 amide bonds. The number of hydrogen-bond acceptors (Lipinski definition) is 4. The van der Waals surface area contributed by atoms with E-state index in [0.29, 0.717) is 12.5 Å². The lowest BCUT2D eigenvalue weighted by molar-refractivity contribution is -0.0725. The summed E-state index contributed by atoms with van der Waals surface area (Å²) in [6.07, 6.45) is 8.79. The van der Waals surface area contributed by atoms with Gasteiger partial charge < -0.3 is 19.6 Å². The summed E-state index contributed by atoms with van der Waals surface area (Å²) in [6.45, 7) is 3.75. The molecular formula is C27H41N3O3. The number of benzene rings is 1. The summed E-state index contributed by atoms with van der Waals surface area (Å²) in [6, 6.07) is 11.0. The predicted molar refractivity (Wildman–Crippen MR) is 129 cm³/mol. The molecule has 2 saturated heterocycles. The summed E-state index contributed by atoms with van der Waals surface area (Å²) in [4.78, 5) is 20.3. The number of carbonyl (C=O) groups is 1. The number of β-amino-alcohol motifs (C(OH)–C–C–N with tert-alkyl or cyclic N) is 1. The third-order valence-corrected chi connectivity index (χ3v) is 9.29. The fourth-order valence-corrected chi connectivity index (χ4v) is 6.84. The van der Waals surface area contributed by atoms with Crippen LogP contribution in [0.15, 0.2) is 30.3 Å². The van der Waals surface area contributed by atoms with Crippen LogP contribution in [0.5, 0.6) is 0 Å². The van der Waals surface area contributed by atoms with E-state index in [1.54, 1.807) is 0 Å². The number of urea groups is 1. The average molecular weight is 456 g/mol. The number of amides is 2. The van der Waals surface area contributed by atoms with Crippen molar-refractivity contribution < 1.29 is 14.6 Å². The maximum absolute atomic E-state index is 13.7. The molecule has 2 aliphatic heterocycles. The summed E-state index contributed by atoms with van der Waals surface area (Å²) in [5, 5.41) is 11.0. The number of ether oxygens (including phenoxy) is 1. The summed E-state index contributed by atoms with van der Waals surface area (Å²) in [5.41, 5.74) is 0.523. The van der Waals surface area contributed by atoms with Gasteiger partial charge in [0.05, 0.1) is 17.7 Å². The van der Waals surface area contributed by atoms with E-state index in [0.717, 1.165) is 84.1 Å². The average Bonchev–Trinajstić information content (AvgIpc) is 3.05. The van der Waals surface area contributed by atoms with Gasteiger partial charge in [0.2, 0.25) is 0 Å². The Morgan fingerprint density at radius 3 is 2.27 bits per heavy atom. The van der Waals surface area contributed by atoms with Gasteiger partial charge in [-0.1, -0.05) is 30.3 Å². The van der Waals surface area contributed by atoms with Crippen LogP contribution in [0.25, 0.3) is 0 Å². The zero-order valence-electron chi connectivity index (χ0n) is 20.5. The van der Waals surface area contributed by atoms with Crippen LogP contribution in [0, 0.1) is 5.92 Å². The van der Waals surface area contributed by atoms with Crippen molar-refractivity contribution in [3.63, 3.8) is 0 Å². The quantitative estimate of drug-likeness (QED) is 0.708. The van der Waals surface area contributed by atoms with Crippen LogP contribution in [0.1, 0.15) is 63.4 Å². The molecule has 0 aromatic heterocycles. The number of carbonyl (C=O) groups excluding carboxylic acids is 1. The molecule has 1 N–H and O–H groups in total. The Morgan fingerprint density at radius 2 is 1.70 bits per heavy atom. The third-order valence-electron chi connectivity index (χ3n) is 9.29. The van der Waals surface area contributed by atoms with Crippen molar-refractivity contribution in [2.75, 3.05) is 46.9 Å². The topological polar surface area (TPSA) is 56.2 Å².